The molecule has 0 aliphatic rings. The molecule has 2 atom stereocenters. The summed E-state index contributed by atoms with van der Waals surface area (Å²) >= 11 is 0. The van der Waals surface area contributed by atoms with Gasteiger partial charge in [0.1, 0.15) is 0 Å². The first-order valence-electron chi connectivity index (χ1n) is 6.02. The van der Waals surface area contributed by atoms with Crippen molar-refractivity contribution < 1.29 is 10.2 Å². The van der Waals surface area contributed by atoms with Crippen LogP contribution >= 0.6 is 0 Å². The molecule has 90 valence electrons. The van der Waals surface area contributed by atoms with Crippen LogP contribution in [-0.2, 0) is 0 Å². The monoisotopic (exact) mass is 214 g/mol. The number of hydrogen-bond acceptors (Lipinski definition) is 2. The lowest BCUT2D eigenvalue weighted by atomic mass is 9.70. The second-order valence-electron chi connectivity index (χ2n) is 4.45. The Kier molecular flexibility index (Phi) is 6.86. The molecule has 15 heavy (non-hydrogen) atoms. The Morgan fingerprint density at radius 2 is 1.67 bits per heavy atom. The third kappa shape index (κ3) is 3.62. The molecular formula is C13H26O2. The van der Waals surface area contributed by atoms with Crippen molar-refractivity contribution in [3.63, 3.8) is 0 Å². The summed E-state index contributed by atoms with van der Waals surface area (Å²) in [6.07, 6.45) is 5.05. The van der Waals surface area contributed by atoms with E-state index in [9.17, 15) is 10.2 Å². The van der Waals surface area contributed by atoms with E-state index in [0.717, 1.165) is 25.7 Å². The van der Waals surface area contributed by atoms with Crippen LogP contribution in [0.2, 0.25) is 0 Å². The maximum absolute atomic E-state index is 10.2. The van der Waals surface area contributed by atoms with E-state index >= 15 is 0 Å². The highest BCUT2D eigenvalue weighted by Gasteiger charge is 2.39. The molecule has 0 saturated heterocycles. The lowest BCUT2D eigenvalue weighted by molar-refractivity contribution is -0.0730. The minimum Gasteiger partial charge on any atom is -0.393 e. The number of aliphatic hydroxyl groups is 2. The van der Waals surface area contributed by atoms with Crippen molar-refractivity contribution in [1.29, 1.82) is 0 Å². The first-order chi connectivity index (χ1) is 7.05. The molecule has 0 amide bonds. The van der Waals surface area contributed by atoms with E-state index in [4.69, 9.17) is 0 Å². The molecule has 0 heterocycles. The largest absolute Gasteiger partial charge is 0.393 e. The fraction of sp³-hybridized carbons (Fsp3) is 0.846. The summed E-state index contributed by atoms with van der Waals surface area (Å²) in [5.41, 5.74) is -0.350. The van der Waals surface area contributed by atoms with E-state index in [-0.39, 0.29) is 5.41 Å². The third-order valence-electron chi connectivity index (χ3n) is 3.32. The van der Waals surface area contributed by atoms with Crippen LogP contribution in [0.15, 0.2) is 12.7 Å². The second-order valence-corrected chi connectivity index (χ2v) is 4.45. The molecule has 0 rings (SSSR count). The zero-order valence-electron chi connectivity index (χ0n) is 10.4. The van der Waals surface area contributed by atoms with Crippen LogP contribution in [0, 0.1) is 5.41 Å². The minimum atomic E-state index is -0.477. The van der Waals surface area contributed by atoms with Gasteiger partial charge in [-0.05, 0) is 26.2 Å². The van der Waals surface area contributed by atoms with Gasteiger partial charge in [0.15, 0.2) is 0 Å². The summed E-state index contributed by atoms with van der Waals surface area (Å²) in [7, 11) is 0. The molecular weight excluding hydrogens is 188 g/mol. The molecule has 2 N–H and O–H groups in total. The fourth-order valence-electron chi connectivity index (χ4n) is 2.48. The summed E-state index contributed by atoms with van der Waals surface area (Å²) in [6.45, 7) is 9.62. The van der Waals surface area contributed by atoms with Crippen molar-refractivity contribution in [2.24, 2.45) is 5.41 Å². The average Bonchev–Trinajstić information content (AvgIpc) is 2.17. The standard InChI is InChI=1S/C13H26O2/c1-5-8-12(15)13(9-6-2,10-7-3)11(4)14/h5,11-12,14-15H,1,6-10H2,2-4H3. The normalized spacial score (nSPS) is 16.1. The quantitative estimate of drug-likeness (QED) is 0.610. The molecule has 0 radical (unpaired) electrons. The van der Waals surface area contributed by atoms with Crippen LogP contribution in [0.4, 0.5) is 0 Å². The van der Waals surface area contributed by atoms with Crippen LogP contribution in [0.25, 0.3) is 0 Å². The van der Waals surface area contributed by atoms with Crippen molar-refractivity contribution in [2.75, 3.05) is 0 Å². The van der Waals surface area contributed by atoms with Gasteiger partial charge in [-0.15, -0.1) is 6.58 Å². The van der Waals surface area contributed by atoms with Crippen LogP contribution in [-0.4, -0.2) is 22.4 Å². The van der Waals surface area contributed by atoms with E-state index in [2.05, 4.69) is 20.4 Å². The van der Waals surface area contributed by atoms with Gasteiger partial charge in [0.2, 0.25) is 0 Å². The molecule has 2 heteroatoms. The Morgan fingerprint density at radius 1 is 1.20 bits per heavy atom. The number of hydrogen-bond donors (Lipinski definition) is 2. The van der Waals surface area contributed by atoms with Gasteiger partial charge >= 0.3 is 0 Å². The molecule has 0 aromatic rings. The predicted octanol–water partition coefficient (Wildman–Crippen LogP) is 2.89. The van der Waals surface area contributed by atoms with Crippen molar-refractivity contribution in [3.05, 3.63) is 12.7 Å². The molecule has 0 bridgehead atoms. The van der Waals surface area contributed by atoms with Crippen molar-refractivity contribution in [3.8, 4) is 0 Å². The Labute approximate surface area is 94.0 Å². The topological polar surface area (TPSA) is 40.5 Å². The minimum absolute atomic E-state index is 0.350. The van der Waals surface area contributed by atoms with E-state index in [1.54, 1.807) is 13.0 Å². The van der Waals surface area contributed by atoms with Gasteiger partial charge in [0, 0.05) is 5.41 Å². The molecule has 0 aliphatic carbocycles. The summed E-state index contributed by atoms with van der Waals surface area (Å²) in [4.78, 5) is 0. The summed E-state index contributed by atoms with van der Waals surface area (Å²) < 4.78 is 0. The molecule has 0 aliphatic heterocycles. The van der Waals surface area contributed by atoms with Crippen LogP contribution in [0.5, 0.6) is 0 Å². The van der Waals surface area contributed by atoms with Crippen molar-refractivity contribution in [1.82, 2.24) is 0 Å². The molecule has 0 fully saturated rings. The Morgan fingerprint density at radius 3 is 1.93 bits per heavy atom. The Balaban J connectivity index is 4.82. The molecule has 0 saturated carbocycles. The van der Waals surface area contributed by atoms with E-state index < -0.39 is 12.2 Å². The molecule has 0 spiro atoms. The first kappa shape index (κ1) is 14.7. The lowest BCUT2D eigenvalue weighted by Gasteiger charge is -2.40. The highest BCUT2D eigenvalue weighted by Crippen LogP contribution is 2.38. The van der Waals surface area contributed by atoms with E-state index in [0.29, 0.717) is 6.42 Å². The van der Waals surface area contributed by atoms with E-state index in [1.807, 2.05) is 0 Å². The predicted molar refractivity (Wildman–Crippen MR) is 64.8 cm³/mol. The van der Waals surface area contributed by atoms with Gasteiger partial charge in [0.05, 0.1) is 12.2 Å². The van der Waals surface area contributed by atoms with Crippen molar-refractivity contribution in [2.45, 2.75) is 65.1 Å². The number of aliphatic hydroxyl groups excluding tert-OH is 2. The highest BCUT2D eigenvalue weighted by atomic mass is 16.3. The molecule has 2 unspecified atom stereocenters. The Hall–Kier alpha value is -0.340. The van der Waals surface area contributed by atoms with E-state index in [1.165, 1.54) is 0 Å². The zero-order valence-corrected chi connectivity index (χ0v) is 10.4. The molecule has 0 aromatic carbocycles. The van der Waals surface area contributed by atoms with Gasteiger partial charge < -0.3 is 10.2 Å². The van der Waals surface area contributed by atoms with Crippen LogP contribution in [0.3, 0.4) is 0 Å². The summed E-state index contributed by atoms with van der Waals surface area (Å²) in [5.74, 6) is 0. The maximum Gasteiger partial charge on any atom is 0.0655 e. The van der Waals surface area contributed by atoms with Crippen LogP contribution < -0.4 is 0 Å². The summed E-state index contributed by atoms with van der Waals surface area (Å²) in [6, 6.07) is 0. The highest BCUT2D eigenvalue weighted by molar-refractivity contribution is 4.93. The van der Waals surface area contributed by atoms with Gasteiger partial charge in [-0.25, -0.2) is 0 Å². The zero-order chi connectivity index (χ0) is 11.9. The molecule has 0 aromatic heterocycles. The second kappa shape index (κ2) is 7.02. The van der Waals surface area contributed by atoms with Gasteiger partial charge in [-0.1, -0.05) is 32.8 Å². The van der Waals surface area contributed by atoms with Crippen LogP contribution in [0.1, 0.15) is 52.9 Å². The third-order valence-corrected chi connectivity index (χ3v) is 3.32. The average molecular weight is 214 g/mol. The van der Waals surface area contributed by atoms with Gasteiger partial charge in [-0.3, -0.25) is 0 Å². The van der Waals surface area contributed by atoms with Gasteiger partial charge in [-0.2, -0.15) is 0 Å². The SMILES string of the molecule is C=CCC(O)C(CCC)(CCC)C(C)O. The van der Waals surface area contributed by atoms with Gasteiger partial charge in [0.25, 0.3) is 0 Å². The molecule has 2 nitrogen and oxygen atoms in total. The number of rotatable bonds is 8. The lowest BCUT2D eigenvalue weighted by Crippen LogP contribution is -2.43. The summed E-state index contributed by atoms with van der Waals surface area (Å²) in [5, 5.41) is 20.1. The fourth-order valence-corrected chi connectivity index (χ4v) is 2.48. The smallest absolute Gasteiger partial charge is 0.0655 e. The maximum atomic E-state index is 10.2. The van der Waals surface area contributed by atoms with Crippen molar-refractivity contribution >= 4 is 0 Å². The first-order valence-corrected chi connectivity index (χ1v) is 6.02. The Bertz CT molecular complexity index is 169.